The van der Waals surface area contributed by atoms with Crippen molar-refractivity contribution in [2.45, 2.75) is 0 Å². The Morgan fingerprint density at radius 1 is 0.358 bits per heavy atom. The lowest BCUT2D eigenvalue weighted by Crippen LogP contribution is -2.10. The number of hydrogen-bond acceptors (Lipinski definition) is 3. The number of aromatic nitrogens is 4. The van der Waals surface area contributed by atoms with Gasteiger partial charge in [0.25, 0.3) is 0 Å². The summed E-state index contributed by atoms with van der Waals surface area (Å²) in [4.78, 5) is 13.7. The smallest absolute Gasteiger partial charge is 0.165 e. The highest BCUT2D eigenvalue weighted by molar-refractivity contribution is 6.33. The molecule has 0 N–H and O–H groups in total. The van der Waals surface area contributed by atoms with Gasteiger partial charge in [-0.05, 0) is 52.6 Å². The standard InChI is InChI=1S/C48H27N5/c1-3-15-30(16-4-1)51(31-17-5-2-6-18-31)39-24-12-22-36-40-32-19-9-8-14-29(32)27-38-42-48(53(45(36)39)46(38)40)49-41-37-23-11-21-34-35-26-25-28-13-7-10-20-33(28)43(35)52(44(34)37)47(41)50-42/h1-27H. The summed E-state index contributed by atoms with van der Waals surface area (Å²) in [6.07, 6.45) is 0. The molecule has 0 radical (unpaired) electrons. The molecule has 244 valence electrons. The fourth-order valence-corrected chi connectivity index (χ4v) is 9.40. The Morgan fingerprint density at radius 2 is 0.906 bits per heavy atom. The molecule has 0 aliphatic rings. The Kier molecular flexibility index (Phi) is 5.06. The molecule has 0 unspecified atom stereocenters. The van der Waals surface area contributed by atoms with E-state index in [4.69, 9.17) is 9.97 Å². The van der Waals surface area contributed by atoms with Crippen LogP contribution in [-0.2, 0) is 0 Å². The Morgan fingerprint density at radius 3 is 1.68 bits per heavy atom. The minimum atomic E-state index is 0.875. The highest BCUT2D eigenvalue weighted by Crippen LogP contribution is 2.48. The second-order valence-electron chi connectivity index (χ2n) is 14.2. The second kappa shape index (κ2) is 9.75. The van der Waals surface area contributed by atoms with Crippen LogP contribution < -0.4 is 4.90 Å². The van der Waals surface area contributed by atoms with Crippen molar-refractivity contribution in [3.8, 4) is 0 Å². The van der Waals surface area contributed by atoms with Crippen molar-refractivity contribution >= 4 is 115 Å². The van der Waals surface area contributed by atoms with Crippen molar-refractivity contribution in [1.82, 2.24) is 18.8 Å². The van der Waals surface area contributed by atoms with Gasteiger partial charge in [-0.25, -0.2) is 9.97 Å². The lowest BCUT2D eigenvalue weighted by molar-refractivity contribution is 1.23. The zero-order valence-corrected chi connectivity index (χ0v) is 28.3. The van der Waals surface area contributed by atoms with Crippen LogP contribution in [-0.4, -0.2) is 18.8 Å². The topological polar surface area (TPSA) is 37.8 Å². The van der Waals surface area contributed by atoms with Crippen LogP contribution in [0.25, 0.3) is 98.3 Å². The molecule has 0 bridgehead atoms. The molecule has 8 aromatic carbocycles. The highest BCUT2D eigenvalue weighted by Gasteiger charge is 2.28. The molecule has 0 saturated carbocycles. The van der Waals surface area contributed by atoms with Gasteiger partial charge < -0.3 is 4.90 Å². The first-order chi connectivity index (χ1) is 26.3. The van der Waals surface area contributed by atoms with Crippen molar-refractivity contribution in [1.29, 1.82) is 0 Å². The van der Waals surface area contributed by atoms with Crippen LogP contribution >= 0.6 is 0 Å². The molecule has 53 heavy (non-hydrogen) atoms. The van der Waals surface area contributed by atoms with Gasteiger partial charge in [0.2, 0.25) is 0 Å². The molecular weight excluding hydrogens is 647 g/mol. The Hall–Kier alpha value is -7.24. The van der Waals surface area contributed by atoms with Crippen LogP contribution in [0.1, 0.15) is 0 Å². The molecule has 13 aromatic rings. The molecule has 5 aromatic heterocycles. The number of hydrogen-bond donors (Lipinski definition) is 0. The molecule has 5 nitrogen and oxygen atoms in total. The summed E-state index contributed by atoms with van der Waals surface area (Å²) in [6.45, 7) is 0. The summed E-state index contributed by atoms with van der Waals surface area (Å²) < 4.78 is 4.79. The average molecular weight is 674 g/mol. The van der Waals surface area contributed by atoms with E-state index in [2.05, 4.69) is 177 Å². The molecule has 5 heterocycles. The second-order valence-corrected chi connectivity index (χ2v) is 14.2. The Labute approximate surface area is 301 Å². The van der Waals surface area contributed by atoms with E-state index in [1.807, 2.05) is 0 Å². The third kappa shape index (κ3) is 3.37. The monoisotopic (exact) mass is 673 g/mol. The van der Waals surface area contributed by atoms with E-state index < -0.39 is 0 Å². The summed E-state index contributed by atoms with van der Waals surface area (Å²) >= 11 is 0. The average Bonchev–Trinajstić information content (AvgIpc) is 3.94. The SMILES string of the molecule is c1ccc(N(c2ccccc2)c2cccc3c4c5ccccc5cc5c6nc7c(nc6n(c23)c54)c2cccc3c4ccc5ccccc5c4n7c32)cc1. The number of rotatable bonds is 3. The molecule has 13 rings (SSSR count). The van der Waals surface area contributed by atoms with E-state index >= 15 is 0 Å². The van der Waals surface area contributed by atoms with Crippen LogP contribution in [0.4, 0.5) is 17.1 Å². The van der Waals surface area contributed by atoms with Gasteiger partial charge in [-0.3, -0.25) is 8.80 Å². The summed E-state index contributed by atoms with van der Waals surface area (Å²) in [5, 5.41) is 12.0. The molecule has 0 aliphatic carbocycles. The van der Waals surface area contributed by atoms with Gasteiger partial charge in [0.1, 0.15) is 11.0 Å². The molecule has 0 amide bonds. The molecule has 0 saturated heterocycles. The van der Waals surface area contributed by atoms with Gasteiger partial charge in [0.05, 0.1) is 27.8 Å². The van der Waals surface area contributed by atoms with Crippen LogP contribution in [0.15, 0.2) is 164 Å². The van der Waals surface area contributed by atoms with Crippen molar-refractivity contribution in [2.24, 2.45) is 0 Å². The van der Waals surface area contributed by atoms with Crippen molar-refractivity contribution in [3.63, 3.8) is 0 Å². The minimum absolute atomic E-state index is 0.875. The first-order valence-electron chi connectivity index (χ1n) is 18.1. The zero-order valence-electron chi connectivity index (χ0n) is 28.3. The zero-order chi connectivity index (χ0) is 34.4. The summed E-state index contributed by atoms with van der Waals surface area (Å²) in [7, 11) is 0. The molecule has 0 spiro atoms. The molecule has 0 fully saturated rings. The quantitative estimate of drug-likeness (QED) is 0.187. The van der Waals surface area contributed by atoms with E-state index in [0.29, 0.717) is 0 Å². The Balaban J connectivity index is 1.26. The van der Waals surface area contributed by atoms with Crippen LogP contribution in [0.3, 0.4) is 0 Å². The van der Waals surface area contributed by atoms with Crippen LogP contribution in [0.2, 0.25) is 0 Å². The number of para-hydroxylation sites is 4. The third-order valence-electron chi connectivity index (χ3n) is 11.5. The number of fused-ring (bicyclic) bond motifs is 16. The van der Waals surface area contributed by atoms with E-state index in [9.17, 15) is 0 Å². The summed E-state index contributed by atoms with van der Waals surface area (Å²) in [5.41, 5.74) is 11.5. The summed E-state index contributed by atoms with van der Waals surface area (Å²) in [5.74, 6) is 0. The van der Waals surface area contributed by atoms with Gasteiger partial charge in [0.15, 0.2) is 11.3 Å². The maximum Gasteiger partial charge on any atom is 0.165 e. The van der Waals surface area contributed by atoms with E-state index in [0.717, 1.165) is 61.2 Å². The first kappa shape index (κ1) is 27.5. The fourth-order valence-electron chi connectivity index (χ4n) is 9.40. The maximum absolute atomic E-state index is 5.69. The number of anilines is 3. The van der Waals surface area contributed by atoms with E-state index in [1.54, 1.807) is 0 Å². The normalized spacial score (nSPS) is 12.5. The van der Waals surface area contributed by atoms with Gasteiger partial charge in [-0.2, -0.15) is 0 Å². The van der Waals surface area contributed by atoms with E-state index in [1.165, 1.54) is 54.1 Å². The maximum atomic E-state index is 5.69. The van der Waals surface area contributed by atoms with Gasteiger partial charge >= 0.3 is 0 Å². The van der Waals surface area contributed by atoms with Crippen LogP contribution in [0.5, 0.6) is 0 Å². The van der Waals surface area contributed by atoms with Gasteiger partial charge in [-0.15, -0.1) is 0 Å². The predicted octanol–water partition coefficient (Wildman–Crippen LogP) is 12.6. The number of nitrogens with zero attached hydrogens (tertiary/aromatic N) is 5. The number of benzene rings is 8. The third-order valence-corrected chi connectivity index (χ3v) is 11.5. The lowest BCUT2D eigenvalue weighted by Gasteiger charge is -2.26. The fraction of sp³-hybridized carbons (Fsp3) is 0. The van der Waals surface area contributed by atoms with E-state index in [-0.39, 0.29) is 0 Å². The Bertz CT molecular complexity index is 3580. The van der Waals surface area contributed by atoms with Crippen LogP contribution in [0, 0.1) is 0 Å². The van der Waals surface area contributed by atoms with Crippen molar-refractivity contribution < 1.29 is 0 Å². The lowest BCUT2D eigenvalue weighted by atomic mass is 10.0. The summed E-state index contributed by atoms with van der Waals surface area (Å²) in [6, 6.07) is 58.9. The predicted molar refractivity (Wildman–Crippen MR) is 221 cm³/mol. The molecule has 5 heteroatoms. The molecule has 0 atom stereocenters. The van der Waals surface area contributed by atoms with Crippen molar-refractivity contribution in [3.05, 3.63) is 164 Å². The van der Waals surface area contributed by atoms with Gasteiger partial charge in [0, 0.05) is 49.1 Å². The highest BCUT2D eigenvalue weighted by atomic mass is 15.2. The molecule has 0 aliphatic heterocycles. The van der Waals surface area contributed by atoms with Crippen molar-refractivity contribution in [2.75, 3.05) is 4.90 Å². The minimum Gasteiger partial charge on any atom is -0.308 e. The molecular formula is C48H27N5. The first-order valence-corrected chi connectivity index (χ1v) is 18.1. The largest absolute Gasteiger partial charge is 0.308 e. The van der Waals surface area contributed by atoms with Gasteiger partial charge in [-0.1, -0.05) is 127 Å².